The number of thiophene rings is 1. The largest absolute Gasteiger partial charge is 0.308 e. The molecule has 0 saturated heterocycles. The molecule has 0 spiro atoms. The molecule has 1 fully saturated rings. The molecule has 5 heteroatoms. The van der Waals surface area contributed by atoms with E-state index in [1.54, 1.807) is 11.3 Å². The van der Waals surface area contributed by atoms with Gasteiger partial charge in [-0.1, -0.05) is 11.6 Å². The lowest BCUT2D eigenvalue weighted by molar-refractivity contribution is 0.975. The first kappa shape index (κ1) is 8.99. The molecular formula is C8H10ClN3S. The van der Waals surface area contributed by atoms with Gasteiger partial charge in [-0.05, 0) is 24.3 Å². The Morgan fingerprint density at radius 1 is 1.69 bits per heavy atom. The van der Waals surface area contributed by atoms with Crippen LogP contribution in [0.5, 0.6) is 0 Å². The van der Waals surface area contributed by atoms with Gasteiger partial charge in [-0.2, -0.15) is 0 Å². The smallest absolute Gasteiger partial charge is 0.154 e. The molecule has 0 aliphatic heterocycles. The van der Waals surface area contributed by atoms with Crippen molar-refractivity contribution in [2.75, 3.05) is 0 Å². The van der Waals surface area contributed by atoms with Crippen molar-refractivity contribution in [2.45, 2.75) is 18.9 Å². The third-order valence-corrected chi connectivity index (χ3v) is 3.18. The molecule has 0 bridgehead atoms. The monoisotopic (exact) mass is 215 g/mol. The fraction of sp³-hybridized carbons (Fsp3) is 0.375. The molecule has 0 aromatic carbocycles. The van der Waals surface area contributed by atoms with Crippen molar-refractivity contribution >= 4 is 28.8 Å². The van der Waals surface area contributed by atoms with E-state index < -0.39 is 0 Å². The average molecular weight is 216 g/mol. The van der Waals surface area contributed by atoms with Crippen LogP contribution >= 0.6 is 22.9 Å². The number of hydrogen-bond donors (Lipinski definition) is 2. The van der Waals surface area contributed by atoms with Crippen LogP contribution < -0.4 is 11.3 Å². The molecule has 1 aliphatic rings. The van der Waals surface area contributed by atoms with Crippen LogP contribution in [0.2, 0.25) is 5.02 Å². The molecule has 2 rings (SSSR count). The Morgan fingerprint density at radius 2 is 2.46 bits per heavy atom. The number of nitrogens with one attached hydrogen (secondary N) is 1. The first-order valence-corrected chi connectivity index (χ1v) is 5.35. The van der Waals surface area contributed by atoms with Crippen LogP contribution in [0.3, 0.4) is 0 Å². The van der Waals surface area contributed by atoms with Crippen molar-refractivity contribution < 1.29 is 0 Å². The SMILES string of the molecule is NNC(=NC1CC1)c1sccc1Cl. The van der Waals surface area contributed by atoms with Crippen LogP contribution in [0.25, 0.3) is 0 Å². The Balaban J connectivity index is 2.25. The molecule has 1 saturated carbocycles. The number of hydrazine groups is 1. The van der Waals surface area contributed by atoms with E-state index in [0.29, 0.717) is 16.9 Å². The van der Waals surface area contributed by atoms with E-state index in [9.17, 15) is 0 Å². The van der Waals surface area contributed by atoms with Crippen molar-refractivity contribution in [3.63, 3.8) is 0 Å². The van der Waals surface area contributed by atoms with Gasteiger partial charge in [-0.3, -0.25) is 4.99 Å². The summed E-state index contributed by atoms with van der Waals surface area (Å²) in [6, 6.07) is 2.30. The number of halogens is 1. The minimum absolute atomic E-state index is 0.448. The van der Waals surface area contributed by atoms with Crippen LogP contribution in [0.1, 0.15) is 17.7 Å². The van der Waals surface area contributed by atoms with Gasteiger partial charge in [0.05, 0.1) is 15.9 Å². The van der Waals surface area contributed by atoms with Crippen LogP contribution in [-0.4, -0.2) is 11.9 Å². The van der Waals surface area contributed by atoms with E-state index in [1.807, 2.05) is 11.4 Å². The molecule has 1 aromatic heterocycles. The molecule has 0 radical (unpaired) electrons. The Hall–Kier alpha value is -0.580. The number of aliphatic imine (C=N–C) groups is 1. The molecular weight excluding hydrogens is 206 g/mol. The number of nitrogens with two attached hydrogens (primary N) is 1. The summed E-state index contributed by atoms with van der Waals surface area (Å²) < 4.78 is 0. The molecule has 1 aliphatic carbocycles. The van der Waals surface area contributed by atoms with Gasteiger partial charge < -0.3 is 5.43 Å². The summed E-state index contributed by atoms with van der Waals surface area (Å²) in [7, 11) is 0. The zero-order valence-electron chi connectivity index (χ0n) is 6.96. The normalized spacial score (nSPS) is 17.5. The van der Waals surface area contributed by atoms with Gasteiger partial charge in [0.15, 0.2) is 5.84 Å². The Kier molecular flexibility index (Phi) is 2.53. The Morgan fingerprint density at radius 3 is 2.92 bits per heavy atom. The second-order valence-electron chi connectivity index (χ2n) is 2.95. The predicted octanol–water partition coefficient (Wildman–Crippen LogP) is 1.77. The second kappa shape index (κ2) is 3.65. The van der Waals surface area contributed by atoms with Gasteiger partial charge in [0.1, 0.15) is 0 Å². The van der Waals surface area contributed by atoms with Gasteiger partial charge >= 0.3 is 0 Å². The van der Waals surface area contributed by atoms with Crippen LogP contribution in [-0.2, 0) is 0 Å². The first-order valence-electron chi connectivity index (χ1n) is 4.09. The number of hydrogen-bond acceptors (Lipinski definition) is 3. The fourth-order valence-electron chi connectivity index (χ4n) is 1.01. The van der Waals surface area contributed by atoms with E-state index in [-0.39, 0.29) is 0 Å². The van der Waals surface area contributed by atoms with E-state index in [2.05, 4.69) is 10.4 Å². The summed E-state index contributed by atoms with van der Waals surface area (Å²) in [6.07, 6.45) is 2.32. The lowest BCUT2D eigenvalue weighted by atomic mass is 10.4. The summed E-state index contributed by atoms with van der Waals surface area (Å²) in [6.45, 7) is 0. The summed E-state index contributed by atoms with van der Waals surface area (Å²) in [4.78, 5) is 5.34. The highest BCUT2D eigenvalue weighted by Gasteiger charge is 2.22. The topological polar surface area (TPSA) is 50.4 Å². The third-order valence-electron chi connectivity index (χ3n) is 1.83. The summed E-state index contributed by atoms with van der Waals surface area (Å²) >= 11 is 7.50. The lowest BCUT2D eigenvalue weighted by Crippen LogP contribution is -2.31. The Labute approximate surface area is 85.6 Å². The fourth-order valence-corrected chi connectivity index (χ4v) is 2.12. The highest BCUT2D eigenvalue weighted by molar-refractivity contribution is 7.12. The predicted molar refractivity (Wildman–Crippen MR) is 56.2 cm³/mol. The maximum absolute atomic E-state index is 5.95. The van der Waals surface area contributed by atoms with Crippen LogP contribution in [0, 0.1) is 0 Å². The minimum Gasteiger partial charge on any atom is -0.308 e. The molecule has 1 heterocycles. The Bertz CT molecular complexity index is 330. The molecule has 70 valence electrons. The molecule has 3 nitrogen and oxygen atoms in total. The molecule has 13 heavy (non-hydrogen) atoms. The van der Waals surface area contributed by atoms with Crippen molar-refractivity contribution in [3.8, 4) is 0 Å². The van der Waals surface area contributed by atoms with Crippen LogP contribution in [0.15, 0.2) is 16.4 Å². The quantitative estimate of drug-likeness (QED) is 0.342. The van der Waals surface area contributed by atoms with E-state index >= 15 is 0 Å². The number of nitrogens with zero attached hydrogens (tertiary/aromatic N) is 1. The van der Waals surface area contributed by atoms with Gasteiger partial charge in [-0.15, -0.1) is 11.3 Å². The standard InChI is InChI=1S/C8H10ClN3S/c9-6-3-4-13-7(6)8(12-10)11-5-1-2-5/h3-5H,1-2,10H2,(H,11,12). The summed E-state index contributed by atoms with van der Waals surface area (Å²) in [5.74, 6) is 6.09. The van der Waals surface area contributed by atoms with Crippen molar-refractivity contribution in [1.29, 1.82) is 0 Å². The van der Waals surface area contributed by atoms with Gasteiger partial charge in [0.25, 0.3) is 0 Å². The van der Waals surface area contributed by atoms with E-state index in [0.717, 1.165) is 17.7 Å². The summed E-state index contributed by atoms with van der Waals surface area (Å²) in [5.41, 5.74) is 2.59. The van der Waals surface area contributed by atoms with Gasteiger partial charge in [0.2, 0.25) is 0 Å². The third kappa shape index (κ3) is 2.02. The number of rotatable bonds is 2. The molecule has 0 atom stereocenters. The number of amidine groups is 1. The second-order valence-corrected chi connectivity index (χ2v) is 4.27. The first-order chi connectivity index (χ1) is 6.31. The van der Waals surface area contributed by atoms with Gasteiger partial charge in [0, 0.05) is 0 Å². The highest BCUT2D eigenvalue weighted by atomic mass is 35.5. The minimum atomic E-state index is 0.448. The maximum Gasteiger partial charge on any atom is 0.154 e. The molecule has 0 amide bonds. The lowest BCUT2D eigenvalue weighted by Gasteiger charge is -2.02. The van der Waals surface area contributed by atoms with Crippen molar-refractivity contribution in [2.24, 2.45) is 10.8 Å². The molecule has 3 N–H and O–H groups in total. The zero-order chi connectivity index (χ0) is 9.26. The van der Waals surface area contributed by atoms with Crippen LogP contribution in [0.4, 0.5) is 0 Å². The van der Waals surface area contributed by atoms with Gasteiger partial charge in [-0.25, -0.2) is 5.84 Å². The maximum atomic E-state index is 5.95. The highest BCUT2D eigenvalue weighted by Crippen LogP contribution is 2.27. The van der Waals surface area contributed by atoms with Crippen molar-refractivity contribution in [1.82, 2.24) is 5.43 Å². The summed E-state index contributed by atoms with van der Waals surface area (Å²) in [5, 5.41) is 2.64. The molecule has 1 aromatic rings. The van der Waals surface area contributed by atoms with Crippen molar-refractivity contribution in [3.05, 3.63) is 21.3 Å². The van der Waals surface area contributed by atoms with E-state index in [4.69, 9.17) is 17.4 Å². The zero-order valence-corrected chi connectivity index (χ0v) is 8.53. The average Bonchev–Trinajstić information content (AvgIpc) is 2.85. The van der Waals surface area contributed by atoms with E-state index in [1.165, 1.54) is 0 Å². The molecule has 0 unspecified atom stereocenters.